The first-order valence-electron chi connectivity index (χ1n) is 5.79. The van der Waals surface area contributed by atoms with Gasteiger partial charge in [0.2, 0.25) is 5.91 Å². The standard InChI is InChI=1S/C11H18N2O3/c1-12-7-4-11(5-8-12)3-2-6-13(9(11)14)10(15)16/h2-8H2,1H3,(H,15,16). The van der Waals surface area contributed by atoms with Gasteiger partial charge in [-0.3, -0.25) is 4.79 Å². The van der Waals surface area contributed by atoms with Gasteiger partial charge in [0.15, 0.2) is 0 Å². The number of amides is 2. The second-order valence-corrected chi connectivity index (χ2v) is 4.93. The zero-order chi connectivity index (χ0) is 11.8. The Morgan fingerprint density at radius 3 is 2.44 bits per heavy atom. The van der Waals surface area contributed by atoms with Crippen molar-refractivity contribution in [3.8, 4) is 0 Å². The van der Waals surface area contributed by atoms with Crippen molar-refractivity contribution in [2.24, 2.45) is 5.41 Å². The molecule has 0 radical (unpaired) electrons. The van der Waals surface area contributed by atoms with Gasteiger partial charge in [-0.15, -0.1) is 0 Å². The largest absolute Gasteiger partial charge is 0.465 e. The lowest BCUT2D eigenvalue weighted by atomic mass is 9.72. The number of nitrogens with zero attached hydrogens (tertiary/aromatic N) is 2. The summed E-state index contributed by atoms with van der Waals surface area (Å²) >= 11 is 0. The molecule has 5 nitrogen and oxygen atoms in total. The lowest BCUT2D eigenvalue weighted by molar-refractivity contribution is -0.146. The predicted octanol–water partition coefficient (Wildman–Crippen LogP) is 0.999. The Bertz CT molecular complexity index is 308. The van der Waals surface area contributed by atoms with Crippen molar-refractivity contribution in [1.29, 1.82) is 0 Å². The van der Waals surface area contributed by atoms with Crippen LogP contribution in [0.1, 0.15) is 25.7 Å². The van der Waals surface area contributed by atoms with Crippen LogP contribution in [-0.4, -0.2) is 53.6 Å². The van der Waals surface area contributed by atoms with E-state index in [9.17, 15) is 9.59 Å². The number of piperidine rings is 2. The molecule has 0 aromatic heterocycles. The summed E-state index contributed by atoms with van der Waals surface area (Å²) in [5.41, 5.74) is -0.386. The SMILES string of the molecule is CN1CCC2(CCCN(C(=O)O)C2=O)CC1. The minimum atomic E-state index is -1.09. The molecule has 5 heteroatoms. The molecule has 2 heterocycles. The van der Waals surface area contributed by atoms with Crippen LogP contribution in [-0.2, 0) is 4.79 Å². The summed E-state index contributed by atoms with van der Waals surface area (Å²) in [5.74, 6) is -0.167. The van der Waals surface area contributed by atoms with Gasteiger partial charge in [0, 0.05) is 6.54 Å². The molecule has 0 aliphatic carbocycles. The molecule has 0 aromatic carbocycles. The van der Waals surface area contributed by atoms with Crippen LogP contribution < -0.4 is 0 Å². The molecule has 1 N–H and O–H groups in total. The molecule has 0 aromatic rings. The molecule has 0 saturated carbocycles. The Balaban J connectivity index is 2.15. The number of carbonyl (C=O) groups excluding carboxylic acids is 1. The monoisotopic (exact) mass is 226 g/mol. The third kappa shape index (κ3) is 1.80. The number of carbonyl (C=O) groups is 2. The van der Waals surface area contributed by atoms with Gasteiger partial charge in [-0.05, 0) is 45.8 Å². The highest BCUT2D eigenvalue weighted by atomic mass is 16.4. The highest BCUT2D eigenvalue weighted by Gasteiger charge is 2.46. The van der Waals surface area contributed by atoms with E-state index in [4.69, 9.17) is 5.11 Å². The maximum absolute atomic E-state index is 12.2. The molecule has 0 atom stereocenters. The minimum absolute atomic E-state index is 0.167. The number of imide groups is 1. The second-order valence-electron chi connectivity index (χ2n) is 4.93. The summed E-state index contributed by atoms with van der Waals surface area (Å²) in [4.78, 5) is 26.3. The number of likely N-dealkylation sites (tertiary alicyclic amines) is 2. The van der Waals surface area contributed by atoms with E-state index in [0.717, 1.165) is 43.7 Å². The summed E-state index contributed by atoms with van der Waals surface area (Å²) in [6.45, 7) is 2.14. The molecule has 2 rings (SSSR count). The third-order valence-electron chi connectivity index (χ3n) is 3.91. The smallest absolute Gasteiger partial charge is 0.414 e. The van der Waals surface area contributed by atoms with Gasteiger partial charge in [-0.2, -0.15) is 0 Å². The molecule has 2 fully saturated rings. The second kappa shape index (κ2) is 4.05. The van der Waals surface area contributed by atoms with Crippen LogP contribution in [0.2, 0.25) is 0 Å². The first-order chi connectivity index (χ1) is 7.55. The predicted molar refractivity (Wildman–Crippen MR) is 58.1 cm³/mol. The molecule has 16 heavy (non-hydrogen) atoms. The van der Waals surface area contributed by atoms with Crippen LogP contribution in [0.5, 0.6) is 0 Å². The quantitative estimate of drug-likeness (QED) is 0.669. The van der Waals surface area contributed by atoms with E-state index in [-0.39, 0.29) is 11.3 Å². The van der Waals surface area contributed by atoms with Crippen LogP contribution in [0, 0.1) is 5.41 Å². The number of hydrogen-bond acceptors (Lipinski definition) is 3. The van der Waals surface area contributed by atoms with E-state index in [1.54, 1.807) is 0 Å². The van der Waals surface area contributed by atoms with E-state index >= 15 is 0 Å². The lowest BCUT2D eigenvalue weighted by Crippen LogP contribution is -2.54. The summed E-state index contributed by atoms with van der Waals surface area (Å²) in [5, 5.41) is 8.97. The molecule has 90 valence electrons. The van der Waals surface area contributed by atoms with E-state index < -0.39 is 6.09 Å². The van der Waals surface area contributed by atoms with Crippen molar-refractivity contribution < 1.29 is 14.7 Å². The first-order valence-corrected chi connectivity index (χ1v) is 5.79. The maximum atomic E-state index is 12.2. The molecule has 2 aliphatic heterocycles. The summed E-state index contributed by atoms with van der Waals surface area (Å²) < 4.78 is 0. The van der Waals surface area contributed by atoms with Crippen LogP contribution in [0.25, 0.3) is 0 Å². The van der Waals surface area contributed by atoms with Crippen molar-refractivity contribution in [1.82, 2.24) is 9.80 Å². The fraction of sp³-hybridized carbons (Fsp3) is 0.818. The number of hydrogen-bond donors (Lipinski definition) is 1. The number of carboxylic acid groups (broad SMARTS) is 1. The van der Waals surface area contributed by atoms with Crippen molar-refractivity contribution in [3.63, 3.8) is 0 Å². The Labute approximate surface area is 95.0 Å². The Morgan fingerprint density at radius 1 is 1.25 bits per heavy atom. The zero-order valence-corrected chi connectivity index (χ0v) is 9.61. The minimum Gasteiger partial charge on any atom is -0.465 e. The normalized spacial score (nSPS) is 26.1. The van der Waals surface area contributed by atoms with Crippen molar-refractivity contribution in [3.05, 3.63) is 0 Å². The third-order valence-corrected chi connectivity index (χ3v) is 3.91. The molecule has 0 bridgehead atoms. The van der Waals surface area contributed by atoms with Crippen LogP contribution >= 0.6 is 0 Å². The van der Waals surface area contributed by atoms with Crippen LogP contribution in [0.15, 0.2) is 0 Å². The first kappa shape index (κ1) is 11.4. The molecular formula is C11H18N2O3. The zero-order valence-electron chi connectivity index (χ0n) is 9.61. The lowest BCUT2D eigenvalue weighted by Gasteiger charge is -2.44. The molecule has 1 spiro atoms. The Morgan fingerprint density at radius 2 is 1.88 bits per heavy atom. The van der Waals surface area contributed by atoms with Crippen molar-refractivity contribution >= 4 is 12.0 Å². The number of rotatable bonds is 0. The van der Waals surface area contributed by atoms with Crippen LogP contribution in [0.3, 0.4) is 0 Å². The van der Waals surface area contributed by atoms with Gasteiger partial charge in [-0.25, -0.2) is 9.69 Å². The molecule has 2 saturated heterocycles. The molecular weight excluding hydrogens is 208 g/mol. The van der Waals surface area contributed by atoms with Gasteiger partial charge in [-0.1, -0.05) is 0 Å². The van der Waals surface area contributed by atoms with E-state index in [0.29, 0.717) is 6.54 Å². The fourth-order valence-corrected chi connectivity index (χ4v) is 2.76. The summed E-state index contributed by atoms with van der Waals surface area (Å²) in [7, 11) is 2.04. The van der Waals surface area contributed by atoms with Gasteiger partial charge >= 0.3 is 6.09 Å². The summed E-state index contributed by atoms with van der Waals surface area (Å²) in [6.07, 6.45) is 2.16. The van der Waals surface area contributed by atoms with Crippen molar-refractivity contribution in [2.75, 3.05) is 26.7 Å². The van der Waals surface area contributed by atoms with Gasteiger partial charge in [0.25, 0.3) is 0 Å². The van der Waals surface area contributed by atoms with Gasteiger partial charge in [0.1, 0.15) is 0 Å². The van der Waals surface area contributed by atoms with E-state index in [2.05, 4.69) is 4.90 Å². The average molecular weight is 226 g/mol. The fourth-order valence-electron chi connectivity index (χ4n) is 2.76. The van der Waals surface area contributed by atoms with E-state index in [1.165, 1.54) is 0 Å². The average Bonchev–Trinajstić information content (AvgIpc) is 2.26. The topological polar surface area (TPSA) is 60.9 Å². The van der Waals surface area contributed by atoms with E-state index in [1.807, 2.05) is 7.05 Å². The maximum Gasteiger partial charge on any atom is 0.414 e. The molecule has 0 unspecified atom stereocenters. The Hall–Kier alpha value is -1.10. The molecule has 2 amide bonds. The van der Waals surface area contributed by atoms with Gasteiger partial charge in [0.05, 0.1) is 5.41 Å². The van der Waals surface area contributed by atoms with Gasteiger partial charge < -0.3 is 10.0 Å². The van der Waals surface area contributed by atoms with Crippen molar-refractivity contribution in [2.45, 2.75) is 25.7 Å². The van der Waals surface area contributed by atoms with Crippen LogP contribution in [0.4, 0.5) is 4.79 Å². The molecule has 2 aliphatic rings. The highest BCUT2D eigenvalue weighted by molar-refractivity contribution is 5.95. The highest BCUT2D eigenvalue weighted by Crippen LogP contribution is 2.40. The summed E-state index contributed by atoms with van der Waals surface area (Å²) in [6, 6.07) is 0. The Kier molecular flexibility index (Phi) is 2.88.